The molecule has 0 aromatic carbocycles. The average molecular weight is 276 g/mol. The first-order valence-electron chi connectivity index (χ1n) is 7.03. The van der Waals surface area contributed by atoms with Crippen molar-refractivity contribution in [1.82, 2.24) is 0 Å². The molecule has 0 fully saturated rings. The lowest BCUT2D eigenvalue weighted by Gasteiger charge is -2.07. The molecular formula is C17H24O3. The van der Waals surface area contributed by atoms with Gasteiger partial charge >= 0.3 is 0 Å². The van der Waals surface area contributed by atoms with E-state index in [0.29, 0.717) is 0 Å². The van der Waals surface area contributed by atoms with Crippen molar-refractivity contribution in [2.24, 2.45) is 0 Å². The standard InChI is InChI=1S/C17H24O3/c1-3-5-6-7-11-14-17(20-19)15-12-9-8-10-13-16(18)4-2/h4,12,15-19H,2-3,5-7,11,14H2,1H3/t16-,17+/m1/s1. The van der Waals surface area contributed by atoms with Crippen LogP contribution in [-0.2, 0) is 4.89 Å². The number of hydrogen-bond acceptors (Lipinski definition) is 3. The van der Waals surface area contributed by atoms with Gasteiger partial charge in [0.05, 0.1) is 0 Å². The van der Waals surface area contributed by atoms with Crippen molar-refractivity contribution in [3.8, 4) is 23.7 Å². The minimum atomic E-state index is -0.843. The summed E-state index contributed by atoms with van der Waals surface area (Å²) in [7, 11) is 0. The Hall–Kier alpha value is -1.52. The number of aliphatic hydroxyl groups excluding tert-OH is 1. The highest BCUT2D eigenvalue weighted by atomic mass is 17.1. The lowest BCUT2D eigenvalue weighted by molar-refractivity contribution is -0.267. The highest BCUT2D eigenvalue weighted by Gasteiger charge is 2.03. The fourth-order valence-corrected chi connectivity index (χ4v) is 1.54. The molecule has 0 aliphatic rings. The van der Waals surface area contributed by atoms with Gasteiger partial charge in [-0.25, -0.2) is 4.89 Å². The molecule has 20 heavy (non-hydrogen) atoms. The van der Waals surface area contributed by atoms with E-state index < -0.39 is 6.10 Å². The maximum Gasteiger partial charge on any atom is 0.134 e. The van der Waals surface area contributed by atoms with E-state index in [4.69, 9.17) is 10.4 Å². The quantitative estimate of drug-likeness (QED) is 0.223. The lowest BCUT2D eigenvalue weighted by atomic mass is 10.1. The number of allylic oxidation sites excluding steroid dienone is 1. The Kier molecular flexibility index (Phi) is 12.8. The third-order valence-electron chi connectivity index (χ3n) is 2.70. The molecule has 0 amide bonds. The van der Waals surface area contributed by atoms with Crippen LogP contribution in [0.1, 0.15) is 45.4 Å². The lowest BCUT2D eigenvalue weighted by Crippen LogP contribution is -2.06. The molecular weight excluding hydrogens is 252 g/mol. The van der Waals surface area contributed by atoms with Crippen LogP contribution in [0.5, 0.6) is 0 Å². The van der Waals surface area contributed by atoms with Gasteiger partial charge < -0.3 is 5.11 Å². The normalized spacial score (nSPS) is 12.9. The molecule has 0 saturated heterocycles. The molecule has 0 unspecified atom stereocenters. The van der Waals surface area contributed by atoms with Crippen LogP contribution in [0.15, 0.2) is 24.8 Å². The molecule has 0 radical (unpaired) electrons. The highest BCUT2D eigenvalue weighted by molar-refractivity contribution is 5.32. The van der Waals surface area contributed by atoms with E-state index in [1.165, 1.54) is 25.3 Å². The molecule has 0 aliphatic carbocycles. The minimum absolute atomic E-state index is 0.322. The van der Waals surface area contributed by atoms with Gasteiger partial charge in [-0.1, -0.05) is 63.5 Å². The van der Waals surface area contributed by atoms with E-state index in [-0.39, 0.29) is 6.10 Å². The number of rotatable bonds is 9. The maximum atomic E-state index is 9.07. The van der Waals surface area contributed by atoms with Crippen molar-refractivity contribution in [3.63, 3.8) is 0 Å². The molecule has 0 saturated carbocycles. The van der Waals surface area contributed by atoms with Gasteiger partial charge in [-0.05, 0) is 30.4 Å². The van der Waals surface area contributed by atoms with Gasteiger partial charge in [0.15, 0.2) is 0 Å². The molecule has 0 bridgehead atoms. The molecule has 0 rings (SSSR count). The van der Waals surface area contributed by atoms with Gasteiger partial charge in [-0.15, -0.1) is 0 Å². The fraction of sp³-hybridized carbons (Fsp3) is 0.529. The molecule has 2 N–H and O–H groups in total. The summed E-state index contributed by atoms with van der Waals surface area (Å²) in [5.41, 5.74) is 0. The maximum absolute atomic E-state index is 9.07. The fourth-order valence-electron chi connectivity index (χ4n) is 1.54. The molecule has 0 heterocycles. The SMILES string of the molecule is C=C[C@@H](O)C#CC#CC=C[C@H](CCCCCCC)OO. The summed E-state index contributed by atoms with van der Waals surface area (Å²) < 4.78 is 0. The van der Waals surface area contributed by atoms with E-state index in [2.05, 4.69) is 42.1 Å². The smallest absolute Gasteiger partial charge is 0.134 e. The van der Waals surface area contributed by atoms with E-state index in [0.717, 1.165) is 19.3 Å². The zero-order chi connectivity index (χ0) is 15.1. The van der Waals surface area contributed by atoms with Crippen molar-refractivity contribution in [2.45, 2.75) is 57.7 Å². The van der Waals surface area contributed by atoms with Crippen LogP contribution in [0.2, 0.25) is 0 Å². The molecule has 3 heteroatoms. The van der Waals surface area contributed by atoms with Crippen LogP contribution in [-0.4, -0.2) is 22.6 Å². The molecule has 0 aromatic heterocycles. The van der Waals surface area contributed by atoms with Crippen molar-refractivity contribution in [2.75, 3.05) is 0 Å². The number of aliphatic hydroxyl groups is 1. The van der Waals surface area contributed by atoms with Crippen LogP contribution in [0.3, 0.4) is 0 Å². The van der Waals surface area contributed by atoms with Gasteiger partial charge in [-0.2, -0.15) is 0 Å². The summed E-state index contributed by atoms with van der Waals surface area (Å²) in [5.74, 6) is 10.3. The van der Waals surface area contributed by atoms with Gasteiger partial charge in [0, 0.05) is 0 Å². The molecule has 110 valence electrons. The minimum Gasteiger partial charge on any atom is -0.377 e. The monoisotopic (exact) mass is 276 g/mol. The first-order valence-corrected chi connectivity index (χ1v) is 7.03. The van der Waals surface area contributed by atoms with Gasteiger partial charge in [0.25, 0.3) is 0 Å². The molecule has 0 spiro atoms. The van der Waals surface area contributed by atoms with E-state index in [1.807, 2.05) is 0 Å². The van der Waals surface area contributed by atoms with Crippen LogP contribution in [0.25, 0.3) is 0 Å². The first-order chi connectivity index (χ1) is 9.74. The summed E-state index contributed by atoms with van der Waals surface area (Å²) >= 11 is 0. The Morgan fingerprint density at radius 1 is 1.20 bits per heavy atom. The predicted octanol–water partition coefficient (Wildman–Crippen LogP) is 3.32. The second-order valence-electron chi connectivity index (χ2n) is 4.43. The Morgan fingerprint density at radius 3 is 2.60 bits per heavy atom. The summed E-state index contributed by atoms with van der Waals surface area (Å²) in [6, 6.07) is 0. The summed E-state index contributed by atoms with van der Waals surface area (Å²) in [6.45, 7) is 5.58. The van der Waals surface area contributed by atoms with Crippen molar-refractivity contribution >= 4 is 0 Å². The zero-order valence-electron chi connectivity index (χ0n) is 12.1. The second kappa shape index (κ2) is 13.9. The molecule has 0 aliphatic heterocycles. The summed E-state index contributed by atoms with van der Waals surface area (Å²) in [4.78, 5) is 4.38. The van der Waals surface area contributed by atoms with E-state index in [9.17, 15) is 0 Å². The van der Waals surface area contributed by atoms with E-state index >= 15 is 0 Å². The molecule has 0 aromatic rings. The number of hydrogen-bond donors (Lipinski definition) is 2. The van der Waals surface area contributed by atoms with Gasteiger partial charge in [0.1, 0.15) is 12.2 Å². The van der Waals surface area contributed by atoms with Crippen LogP contribution < -0.4 is 0 Å². The van der Waals surface area contributed by atoms with Crippen LogP contribution in [0.4, 0.5) is 0 Å². The van der Waals surface area contributed by atoms with Gasteiger partial charge in [0.2, 0.25) is 0 Å². The third-order valence-corrected chi connectivity index (χ3v) is 2.70. The zero-order valence-corrected chi connectivity index (χ0v) is 12.1. The van der Waals surface area contributed by atoms with Crippen molar-refractivity contribution < 1.29 is 15.3 Å². The molecule has 2 atom stereocenters. The Labute approximate surface area is 122 Å². The third kappa shape index (κ3) is 11.6. The Bertz CT molecular complexity index is 390. The predicted molar refractivity (Wildman–Crippen MR) is 81.8 cm³/mol. The van der Waals surface area contributed by atoms with Crippen molar-refractivity contribution in [1.29, 1.82) is 0 Å². The summed E-state index contributed by atoms with van der Waals surface area (Å²) in [5, 5.41) is 17.8. The largest absolute Gasteiger partial charge is 0.377 e. The highest BCUT2D eigenvalue weighted by Crippen LogP contribution is 2.09. The van der Waals surface area contributed by atoms with Crippen LogP contribution in [0, 0.1) is 23.7 Å². The van der Waals surface area contributed by atoms with Crippen LogP contribution >= 0.6 is 0 Å². The van der Waals surface area contributed by atoms with Gasteiger partial charge in [-0.3, -0.25) is 5.26 Å². The summed E-state index contributed by atoms with van der Waals surface area (Å²) in [6.07, 6.45) is 10.1. The van der Waals surface area contributed by atoms with E-state index in [1.54, 1.807) is 12.2 Å². The first kappa shape index (κ1) is 18.5. The molecule has 3 nitrogen and oxygen atoms in total. The Morgan fingerprint density at radius 2 is 1.95 bits per heavy atom. The van der Waals surface area contributed by atoms with Crippen molar-refractivity contribution in [3.05, 3.63) is 24.8 Å². The topological polar surface area (TPSA) is 49.7 Å². The Balaban J connectivity index is 3.97. The number of unbranched alkanes of at least 4 members (excludes halogenated alkanes) is 4. The average Bonchev–Trinajstić information content (AvgIpc) is 2.47. The second-order valence-corrected chi connectivity index (χ2v) is 4.43.